The summed E-state index contributed by atoms with van der Waals surface area (Å²) in [5, 5.41) is 10.0. The smallest absolute Gasteiger partial charge is 0.191 e. The molecule has 0 unspecified atom stereocenters. The van der Waals surface area contributed by atoms with Gasteiger partial charge in [-0.25, -0.2) is 4.98 Å². The first kappa shape index (κ1) is 14.6. The van der Waals surface area contributed by atoms with Crippen LogP contribution in [0.1, 0.15) is 11.4 Å². The molecule has 2 rings (SSSR count). The fraction of sp³-hybridized carbons (Fsp3) is 0.364. The van der Waals surface area contributed by atoms with Gasteiger partial charge >= 0.3 is 0 Å². The zero-order valence-corrected chi connectivity index (χ0v) is 12.6. The van der Waals surface area contributed by atoms with Crippen molar-refractivity contribution in [2.45, 2.75) is 24.4 Å². The topological polar surface area (TPSA) is 69.6 Å². The molecule has 0 aliphatic carbocycles. The van der Waals surface area contributed by atoms with Crippen LogP contribution in [0.25, 0.3) is 0 Å². The number of thioether (sulfide) groups is 1. The monoisotopic (exact) mass is 317 g/mol. The van der Waals surface area contributed by atoms with E-state index in [2.05, 4.69) is 15.2 Å². The molecule has 0 bridgehead atoms. The summed E-state index contributed by atoms with van der Waals surface area (Å²) in [5.74, 6) is 1.51. The van der Waals surface area contributed by atoms with Gasteiger partial charge in [0.15, 0.2) is 5.16 Å². The van der Waals surface area contributed by atoms with Crippen LogP contribution in [0, 0.1) is 6.92 Å². The summed E-state index contributed by atoms with van der Waals surface area (Å²) >= 11 is 13.4. The second-order valence-corrected chi connectivity index (χ2v) is 5.59. The van der Waals surface area contributed by atoms with E-state index in [0.29, 0.717) is 29.0 Å². The molecule has 102 valence electrons. The van der Waals surface area contributed by atoms with Crippen LogP contribution in [0.5, 0.6) is 0 Å². The first-order valence-corrected chi connectivity index (χ1v) is 7.38. The molecular weight excluding hydrogens is 305 g/mol. The van der Waals surface area contributed by atoms with Crippen LogP contribution in [-0.4, -0.2) is 26.3 Å². The molecule has 0 saturated heterocycles. The van der Waals surface area contributed by atoms with Crippen molar-refractivity contribution in [3.05, 3.63) is 33.8 Å². The van der Waals surface area contributed by atoms with Gasteiger partial charge in [0.1, 0.15) is 11.0 Å². The standard InChI is InChI=1S/C11H13Cl2N5S/c1-7-16-17-11(18(7)3-2-14)19-6-8-5-15-10(13)4-9(8)12/h4-5H,2-3,6,14H2,1H3. The van der Waals surface area contributed by atoms with E-state index >= 15 is 0 Å². The number of aryl methyl sites for hydroxylation is 1. The fourth-order valence-electron chi connectivity index (χ4n) is 1.54. The number of nitrogens with two attached hydrogens (primary N) is 1. The Hall–Kier alpha value is -0.820. The Bertz CT molecular complexity index is 572. The Balaban J connectivity index is 2.10. The van der Waals surface area contributed by atoms with Crippen LogP contribution in [-0.2, 0) is 12.3 Å². The van der Waals surface area contributed by atoms with E-state index in [0.717, 1.165) is 16.5 Å². The molecule has 2 heterocycles. The molecule has 2 aromatic heterocycles. The van der Waals surface area contributed by atoms with Gasteiger partial charge in [0, 0.05) is 30.1 Å². The second kappa shape index (κ2) is 6.56. The Morgan fingerprint density at radius 2 is 2.16 bits per heavy atom. The number of hydrogen-bond acceptors (Lipinski definition) is 5. The maximum atomic E-state index is 6.10. The quantitative estimate of drug-likeness (QED) is 0.678. The molecule has 0 atom stereocenters. The highest BCUT2D eigenvalue weighted by Crippen LogP contribution is 2.26. The Kier molecular flexibility index (Phi) is 5.04. The molecule has 0 spiro atoms. The SMILES string of the molecule is Cc1nnc(SCc2cnc(Cl)cc2Cl)n1CCN. The lowest BCUT2D eigenvalue weighted by Crippen LogP contribution is -2.12. The molecule has 0 fully saturated rings. The molecular formula is C11H13Cl2N5S. The van der Waals surface area contributed by atoms with Crippen LogP contribution in [0.2, 0.25) is 10.2 Å². The minimum atomic E-state index is 0.390. The fourth-order valence-corrected chi connectivity index (χ4v) is 3.04. The van der Waals surface area contributed by atoms with Crippen molar-refractivity contribution in [1.82, 2.24) is 19.7 Å². The van der Waals surface area contributed by atoms with Crippen LogP contribution >= 0.6 is 35.0 Å². The Morgan fingerprint density at radius 3 is 2.84 bits per heavy atom. The van der Waals surface area contributed by atoms with Gasteiger partial charge in [0.2, 0.25) is 0 Å². The molecule has 0 aromatic carbocycles. The second-order valence-electron chi connectivity index (χ2n) is 3.86. The van der Waals surface area contributed by atoms with Gasteiger partial charge in [-0.1, -0.05) is 35.0 Å². The normalized spacial score (nSPS) is 10.9. The van der Waals surface area contributed by atoms with Gasteiger partial charge in [0.05, 0.1) is 0 Å². The van der Waals surface area contributed by atoms with Crippen LogP contribution < -0.4 is 5.73 Å². The van der Waals surface area contributed by atoms with E-state index < -0.39 is 0 Å². The van der Waals surface area contributed by atoms with Crippen molar-refractivity contribution in [3.8, 4) is 0 Å². The van der Waals surface area contributed by atoms with Gasteiger partial charge in [-0.05, 0) is 18.6 Å². The third-order valence-corrected chi connectivity index (χ3v) is 4.08. The van der Waals surface area contributed by atoms with Crippen LogP contribution in [0.3, 0.4) is 0 Å². The summed E-state index contributed by atoms with van der Waals surface area (Å²) in [4.78, 5) is 4.02. The lowest BCUT2D eigenvalue weighted by molar-refractivity contribution is 0.627. The van der Waals surface area contributed by atoms with Crippen molar-refractivity contribution in [2.24, 2.45) is 5.73 Å². The molecule has 19 heavy (non-hydrogen) atoms. The predicted molar refractivity (Wildman–Crippen MR) is 77.6 cm³/mol. The van der Waals surface area contributed by atoms with Gasteiger partial charge in [-0.3, -0.25) is 0 Å². The number of halogens is 2. The highest BCUT2D eigenvalue weighted by molar-refractivity contribution is 7.98. The number of aromatic nitrogens is 4. The highest BCUT2D eigenvalue weighted by atomic mass is 35.5. The zero-order chi connectivity index (χ0) is 13.8. The first-order valence-electron chi connectivity index (χ1n) is 5.64. The number of pyridine rings is 1. The molecule has 2 aromatic rings. The lowest BCUT2D eigenvalue weighted by Gasteiger charge is -2.07. The summed E-state index contributed by atoms with van der Waals surface area (Å²) < 4.78 is 1.99. The van der Waals surface area contributed by atoms with Gasteiger partial charge in [-0.2, -0.15) is 0 Å². The third-order valence-electron chi connectivity index (χ3n) is 2.51. The van der Waals surface area contributed by atoms with Crippen molar-refractivity contribution >= 4 is 35.0 Å². The molecule has 5 nitrogen and oxygen atoms in total. The van der Waals surface area contributed by atoms with Gasteiger partial charge < -0.3 is 10.3 Å². The molecule has 2 N–H and O–H groups in total. The Labute approximate surface area is 125 Å². The van der Waals surface area contributed by atoms with E-state index in [4.69, 9.17) is 28.9 Å². The predicted octanol–water partition coefficient (Wildman–Crippen LogP) is 2.54. The third kappa shape index (κ3) is 3.60. The van der Waals surface area contributed by atoms with Crippen LogP contribution in [0.15, 0.2) is 17.4 Å². The number of nitrogens with zero attached hydrogens (tertiary/aromatic N) is 4. The average molecular weight is 318 g/mol. The summed E-state index contributed by atoms with van der Waals surface area (Å²) in [5.41, 5.74) is 6.49. The number of hydrogen-bond donors (Lipinski definition) is 1. The Morgan fingerprint density at radius 1 is 1.37 bits per heavy atom. The molecule has 8 heteroatoms. The minimum Gasteiger partial charge on any atom is -0.329 e. The summed E-state index contributed by atoms with van der Waals surface area (Å²) in [7, 11) is 0. The van der Waals surface area contributed by atoms with E-state index in [1.807, 2.05) is 11.5 Å². The summed E-state index contributed by atoms with van der Waals surface area (Å²) in [6.07, 6.45) is 1.67. The van der Waals surface area contributed by atoms with Gasteiger partial charge in [-0.15, -0.1) is 10.2 Å². The molecule has 0 aliphatic rings. The number of rotatable bonds is 5. The minimum absolute atomic E-state index is 0.390. The summed E-state index contributed by atoms with van der Waals surface area (Å²) in [6, 6.07) is 1.63. The molecule has 0 radical (unpaired) electrons. The zero-order valence-electron chi connectivity index (χ0n) is 10.3. The molecule has 0 aliphatic heterocycles. The van der Waals surface area contributed by atoms with E-state index in [9.17, 15) is 0 Å². The highest BCUT2D eigenvalue weighted by Gasteiger charge is 2.10. The maximum absolute atomic E-state index is 6.10. The van der Waals surface area contributed by atoms with E-state index in [1.54, 1.807) is 24.0 Å². The van der Waals surface area contributed by atoms with Gasteiger partial charge in [0.25, 0.3) is 0 Å². The molecule has 0 amide bonds. The van der Waals surface area contributed by atoms with Crippen molar-refractivity contribution in [1.29, 1.82) is 0 Å². The molecule has 0 saturated carbocycles. The average Bonchev–Trinajstić information content (AvgIpc) is 2.71. The maximum Gasteiger partial charge on any atom is 0.191 e. The largest absolute Gasteiger partial charge is 0.329 e. The van der Waals surface area contributed by atoms with Crippen molar-refractivity contribution in [2.75, 3.05) is 6.54 Å². The summed E-state index contributed by atoms with van der Waals surface area (Å²) in [6.45, 7) is 3.16. The van der Waals surface area contributed by atoms with E-state index in [1.165, 1.54) is 0 Å². The van der Waals surface area contributed by atoms with E-state index in [-0.39, 0.29) is 0 Å². The lowest BCUT2D eigenvalue weighted by atomic mass is 10.3. The first-order chi connectivity index (χ1) is 9.11. The van der Waals surface area contributed by atoms with Crippen LogP contribution in [0.4, 0.5) is 0 Å². The van der Waals surface area contributed by atoms with Crippen molar-refractivity contribution in [3.63, 3.8) is 0 Å². The van der Waals surface area contributed by atoms with Crippen molar-refractivity contribution < 1.29 is 0 Å².